The highest BCUT2D eigenvalue weighted by Gasteiger charge is 2.38. The molecule has 3 atom stereocenters. The number of aliphatic hydroxyl groups is 1. The summed E-state index contributed by atoms with van der Waals surface area (Å²) in [6.45, 7) is 5.09. The van der Waals surface area contributed by atoms with Crippen molar-refractivity contribution >= 4 is 5.97 Å². The van der Waals surface area contributed by atoms with E-state index in [1.165, 1.54) is 5.56 Å². The van der Waals surface area contributed by atoms with Crippen LogP contribution in [0.5, 0.6) is 0 Å². The number of hydrogen-bond donors (Lipinski definition) is 2. The fourth-order valence-corrected chi connectivity index (χ4v) is 2.90. The van der Waals surface area contributed by atoms with Crippen molar-refractivity contribution < 1.29 is 37.3 Å². The van der Waals surface area contributed by atoms with Crippen LogP contribution in [0.25, 0.3) is 0 Å². The average Bonchev–Trinajstić information content (AvgIpc) is 2.54. The summed E-state index contributed by atoms with van der Waals surface area (Å²) < 4.78 is 50.7. The van der Waals surface area contributed by atoms with Crippen LogP contribution in [0.3, 0.4) is 0 Å². The van der Waals surface area contributed by atoms with Crippen LogP contribution in [0.4, 0.5) is 17.6 Å². The number of aliphatic carboxylic acids is 1. The Morgan fingerprint density at radius 3 is 2.37 bits per heavy atom. The molecular formula is C18H25F4NO4. The number of nitrogens with zero attached hydrogens (tertiary/aromatic N) is 1. The molecule has 0 bridgehead atoms. The zero-order valence-corrected chi connectivity index (χ0v) is 15.2. The fourth-order valence-electron chi connectivity index (χ4n) is 2.90. The molecule has 9 heteroatoms. The predicted octanol–water partition coefficient (Wildman–Crippen LogP) is 3.02. The van der Waals surface area contributed by atoms with Gasteiger partial charge in [0, 0.05) is 19.5 Å². The monoisotopic (exact) mass is 395 g/mol. The SMILES string of the molecule is CC(O)CC1(C)CN(Cc2ccccc2)C(CF)CO1.O=C(O)C(F)(F)F. The highest BCUT2D eigenvalue weighted by Crippen LogP contribution is 2.27. The van der Waals surface area contributed by atoms with Crippen LogP contribution in [0.15, 0.2) is 30.3 Å². The molecular weight excluding hydrogens is 370 g/mol. The van der Waals surface area contributed by atoms with Crippen LogP contribution in [-0.2, 0) is 16.1 Å². The zero-order chi connectivity index (χ0) is 20.7. The van der Waals surface area contributed by atoms with E-state index >= 15 is 0 Å². The van der Waals surface area contributed by atoms with Crippen molar-refractivity contribution in [2.75, 3.05) is 19.8 Å². The molecule has 2 N–H and O–H groups in total. The number of hydrogen-bond acceptors (Lipinski definition) is 4. The maximum atomic E-state index is 13.2. The van der Waals surface area contributed by atoms with E-state index in [9.17, 15) is 22.7 Å². The number of carbonyl (C=O) groups is 1. The first-order valence-corrected chi connectivity index (χ1v) is 8.43. The normalized spacial score (nSPS) is 24.6. The summed E-state index contributed by atoms with van der Waals surface area (Å²) in [5.74, 6) is -2.76. The minimum atomic E-state index is -5.08. The summed E-state index contributed by atoms with van der Waals surface area (Å²) in [4.78, 5) is 11.0. The van der Waals surface area contributed by atoms with Gasteiger partial charge in [-0.25, -0.2) is 9.18 Å². The van der Waals surface area contributed by atoms with Crippen molar-refractivity contribution in [2.45, 2.75) is 50.7 Å². The van der Waals surface area contributed by atoms with Crippen LogP contribution < -0.4 is 0 Å². The molecule has 3 unspecified atom stereocenters. The van der Waals surface area contributed by atoms with Crippen LogP contribution in [-0.4, -0.2) is 64.8 Å². The maximum absolute atomic E-state index is 13.2. The second-order valence-corrected chi connectivity index (χ2v) is 6.82. The molecule has 27 heavy (non-hydrogen) atoms. The van der Waals surface area contributed by atoms with Crippen molar-refractivity contribution in [2.24, 2.45) is 0 Å². The molecule has 2 rings (SSSR count). The Morgan fingerprint density at radius 1 is 1.37 bits per heavy atom. The second-order valence-electron chi connectivity index (χ2n) is 6.82. The van der Waals surface area contributed by atoms with Crippen LogP contribution >= 0.6 is 0 Å². The van der Waals surface area contributed by atoms with Crippen molar-refractivity contribution in [3.05, 3.63) is 35.9 Å². The molecule has 1 fully saturated rings. The molecule has 1 aliphatic rings. The molecule has 0 aromatic heterocycles. The predicted molar refractivity (Wildman–Crippen MR) is 91.0 cm³/mol. The van der Waals surface area contributed by atoms with Crippen LogP contribution in [0.2, 0.25) is 0 Å². The number of ether oxygens (including phenoxy) is 1. The van der Waals surface area contributed by atoms with Crippen molar-refractivity contribution in [3.8, 4) is 0 Å². The van der Waals surface area contributed by atoms with Gasteiger partial charge in [0.05, 0.1) is 24.4 Å². The van der Waals surface area contributed by atoms with Gasteiger partial charge < -0.3 is 14.9 Å². The molecule has 1 heterocycles. The summed E-state index contributed by atoms with van der Waals surface area (Å²) in [7, 11) is 0. The van der Waals surface area contributed by atoms with Gasteiger partial charge in [0.15, 0.2) is 0 Å². The summed E-state index contributed by atoms with van der Waals surface area (Å²) in [5, 5.41) is 16.7. The van der Waals surface area contributed by atoms with E-state index in [-0.39, 0.29) is 6.04 Å². The Kier molecular flexibility index (Phi) is 8.64. The van der Waals surface area contributed by atoms with E-state index in [2.05, 4.69) is 17.0 Å². The van der Waals surface area contributed by atoms with E-state index in [1.54, 1.807) is 6.92 Å². The lowest BCUT2D eigenvalue weighted by atomic mass is 9.95. The quantitative estimate of drug-likeness (QED) is 0.750. The first kappa shape index (κ1) is 23.3. The van der Waals surface area contributed by atoms with Gasteiger partial charge in [0.2, 0.25) is 0 Å². The maximum Gasteiger partial charge on any atom is 0.490 e. The van der Waals surface area contributed by atoms with Gasteiger partial charge in [0.1, 0.15) is 6.67 Å². The number of halogens is 4. The smallest absolute Gasteiger partial charge is 0.475 e. The standard InChI is InChI=1S/C16H24FNO2.C2HF3O2/c1-13(19)8-16(2)12-18(15(9-17)11-20-16)10-14-6-4-3-5-7-14;3-2(4,5)1(6)7/h3-7,13,15,19H,8-12H2,1-2H3;(H,6,7). The molecule has 1 saturated heterocycles. The van der Waals surface area contributed by atoms with E-state index in [4.69, 9.17) is 14.6 Å². The lowest BCUT2D eigenvalue weighted by molar-refractivity contribution is -0.192. The number of aliphatic hydroxyl groups excluding tert-OH is 1. The van der Waals surface area contributed by atoms with E-state index < -0.39 is 30.5 Å². The van der Waals surface area contributed by atoms with E-state index in [0.29, 0.717) is 26.1 Å². The Bertz CT molecular complexity index is 582. The molecule has 5 nitrogen and oxygen atoms in total. The fraction of sp³-hybridized carbons (Fsp3) is 0.611. The van der Waals surface area contributed by atoms with Gasteiger partial charge in [-0.2, -0.15) is 13.2 Å². The number of alkyl halides is 4. The molecule has 0 radical (unpaired) electrons. The molecule has 0 amide bonds. The minimum Gasteiger partial charge on any atom is -0.475 e. The highest BCUT2D eigenvalue weighted by atomic mass is 19.4. The van der Waals surface area contributed by atoms with Crippen LogP contribution in [0, 0.1) is 0 Å². The lowest BCUT2D eigenvalue weighted by Gasteiger charge is -2.45. The summed E-state index contributed by atoms with van der Waals surface area (Å²) in [6.07, 6.45) is -4.93. The molecule has 0 saturated carbocycles. The topological polar surface area (TPSA) is 70.0 Å². The van der Waals surface area contributed by atoms with Gasteiger partial charge in [-0.05, 0) is 19.4 Å². The van der Waals surface area contributed by atoms with Gasteiger partial charge in [-0.1, -0.05) is 30.3 Å². The molecule has 0 spiro atoms. The van der Waals surface area contributed by atoms with Crippen LogP contribution in [0.1, 0.15) is 25.8 Å². The lowest BCUT2D eigenvalue weighted by Crippen LogP contribution is -2.56. The van der Waals surface area contributed by atoms with Gasteiger partial charge in [0.25, 0.3) is 0 Å². The Hall–Kier alpha value is -1.71. The largest absolute Gasteiger partial charge is 0.490 e. The Labute approximate surface area is 155 Å². The van der Waals surface area contributed by atoms with Gasteiger partial charge in [-0.15, -0.1) is 0 Å². The first-order valence-electron chi connectivity index (χ1n) is 8.43. The number of rotatable bonds is 5. The van der Waals surface area contributed by atoms with E-state index in [1.807, 2.05) is 25.1 Å². The minimum absolute atomic E-state index is 0.197. The molecule has 1 aromatic rings. The molecule has 0 aliphatic carbocycles. The number of carboxylic acid groups (broad SMARTS) is 1. The second kappa shape index (κ2) is 10.0. The third-order valence-electron chi connectivity index (χ3n) is 4.05. The number of benzene rings is 1. The summed E-state index contributed by atoms with van der Waals surface area (Å²) in [5.41, 5.74) is 0.765. The first-order chi connectivity index (χ1) is 12.5. The molecule has 1 aliphatic heterocycles. The Balaban J connectivity index is 0.000000445. The average molecular weight is 395 g/mol. The molecule has 1 aromatic carbocycles. The zero-order valence-electron chi connectivity index (χ0n) is 15.2. The number of carboxylic acids is 1. The van der Waals surface area contributed by atoms with Crippen molar-refractivity contribution in [1.82, 2.24) is 4.90 Å². The van der Waals surface area contributed by atoms with Crippen molar-refractivity contribution in [3.63, 3.8) is 0 Å². The number of morpholine rings is 1. The van der Waals surface area contributed by atoms with Gasteiger partial charge in [-0.3, -0.25) is 4.90 Å². The third kappa shape index (κ3) is 8.23. The van der Waals surface area contributed by atoms with Gasteiger partial charge >= 0.3 is 12.1 Å². The highest BCUT2D eigenvalue weighted by molar-refractivity contribution is 5.73. The Morgan fingerprint density at radius 2 is 1.93 bits per heavy atom. The molecule has 154 valence electrons. The van der Waals surface area contributed by atoms with E-state index in [0.717, 1.165) is 0 Å². The third-order valence-corrected chi connectivity index (χ3v) is 4.05. The van der Waals surface area contributed by atoms with Crippen molar-refractivity contribution in [1.29, 1.82) is 0 Å². The summed E-state index contributed by atoms with van der Waals surface area (Å²) >= 11 is 0. The summed E-state index contributed by atoms with van der Waals surface area (Å²) in [6, 6.07) is 9.88.